The SMILES string of the molecule is C=CCN(CCN1CCOCC1)C(=O)C1N(CCCCCCO)C(=O)[C@@H]2[C@H](C(=O)N(CC=C)c3ccc(OCC)cc3)[C@@]3(C)OC12CC3C. The van der Waals surface area contributed by atoms with Crippen molar-refractivity contribution in [1.82, 2.24) is 14.7 Å². The number of unbranched alkanes of at least 4 members (excludes halogenated alkanes) is 3. The maximum Gasteiger partial charge on any atom is 0.248 e. The number of morpholine rings is 1. The maximum absolute atomic E-state index is 14.9. The fourth-order valence-electron chi connectivity index (χ4n) is 8.60. The lowest BCUT2D eigenvalue weighted by atomic mass is 9.62. The van der Waals surface area contributed by atoms with E-state index >= 15 is 0 Å². The van der Waals surface area contributed by atoms with Crippen molar-refractivity contribution in [3.05, 3.63) is 49.6 Å². The van der Waals surface area contributed by atoms with Crippen molar-refractivity contribution >= 4 is 23.4 Å². The fraction of sp³-hybridized carbons (Fsp3) is 0.658. The van der Waals surface area contributed by atoms with Crippen LogP contribution in [-0.4, -0.2) is 127 Å². The van der Waals surface area contributed by atoms with Gasteiger partial charge in [0.1, 0.15) is 17.4 Å². The van der Waals surface area contributed by atoms with Crippen LogP contribution in [0.1, 0.15) is 52.9 Å². The quantitative estimate of drug-likeness (QED) is 0.185. The first-order valence-corrected chi connectivity index (χ1v) is 18.1. The molecule has 4 aliphatic heterocycles. The molecule has 0 aliphatic carbocycles. The molecule has 3 unspecified atom stereocenters. The molecule has 0 aromatic heterocycles. The van der Waals surface area contributed by atoms with Gasteiger partial charge in [0.15, 0.2) is 0 Å². The zero-order valence-electron chi connectivity index (χ0n) is 29.7. The molecule has 270 valence electrons. The van der Waals surface area contributed by atoms with Gasteiger partial charge in [-0.05, 0) is 63.3 Å². The third kappa shape index (κ3) is 7.18. The Hall–Kier alpha value is -3.25. The number of ether oxygens (including phenoxy) is 3. The van der Waals surface area contributed by atoms with Gasteiger partial charge in [0.05, 0.1) is 37.3 Å². The van der Waals surface area contributed by atoms with Gasteiger partial charge in [0.25, 0.3) is 0 Å². The smallest absolute Gasteiger partial charge is 0.248 e. The summed E-state index contributed by atoms with van der Waals surface area (Å²) < 4.78 is 18.2. The van der Waals surface area contributed by atoms with Crippen LogP contribution in [-0.2, 0) is 23.9 Å². The Balaban J connectivity index is 1.49. The van der Waals surface area contributed by atoms with Crippen molar-refractivity contribution in [1.29, 1.82) is 0 Å². The lowest BCUT2D eigenvalue weighted by Crippen LogP contribution is -2.57. The number of aliphatic hydroxyl groups excluding tert-OH is 1. The number of carbonyl (C=O) groups excluding carboxylic acids is 3. The minimum absolute atomic E-state index is 0.0718. The highest BCUT2D eigenvalue weighted by atomic mass is 16.5. The van der Waals surface area contributed by atoms with E-state index in [0.29, 0.717) is 76.7 Å². The van der Waals surface area contributed by atoms with Gasteiger partial charge in [-0.15, -0.1) is 13.2 Å². The van der Waals surface area contributed by atoms with E-state index in [4.69, 9.17) is 14.2 Å². The van der Waals surface area contributed by atoms with E-state index in [9.17, 15) is 19.5 Å². The summed E-state index contributed by atoms with van der Waals surface area (Å²) in [5, 5.41) is 9.30. The summed E-state index contributed by atoms with van der Waals surface area (Å²) in [5.74, 6) is -1.50. The first-order valence-electron chi connectivity index (χ1n) is 18.1. The molecule has 4 fully saturated rings. The summed E-state index contributed by atoms with van der Waals surface area (Å²) >= 11 is 0. The largest absolute Gasteiger partial charge is 0.494 e. The molecule has 49 heavy (non-hydrogen) atoms. The Morgan fingerprint density at radius 1 is 1.04 bits per heavy atom. The van der Waals surface area contributed by atoms with Crippen molar-refractivity contribution in [3.8, 4) is 5.75 Å². The van der Waals surface area contributed by atoms with E-state index in [0.717, 1.165) is 25.9 Å². The number of hydrogen-bond acceptors (Lipinski definition) is 8. The predicted molar refractivity (Wildman–Crippen MR) is 188 cm³/mol. The van der Waals surface area contributed by atoms with Gasteiger partial charge in [-0.2, -0.15) is 0 Å². The van der Waals surface area contributed by atoms with Gasteiger partial charge in [0.2, 0.25) is 17.7 Å². The van der Waals surface area contributed by atoms with Crippen LogP contribution in [0.2, 0.25) is 0 Å². The van der Waals surface area contributed by atoms with Crippen LogP contribution in [0.5, 0.6) is 5.75 Å². The van der Waals surface area contributed by atoms with Gasteiger partial charge in [-0.3, -0.25) is 19.3 Å². The normalized spacial score (nSPS) is 29.1. The van der Waals surface area contributed by atoms with Crippen LogP contribution in [0.25, 0.3) is 0 Å². The van der Waals surface area contributed by atoms with Crippen LogP contribution < -0.4 is 9.64 Å². The number of anilines is 1. The van der Waals surface area contributed by atoms with Gasteiger partial charge in [-0.25, -0.2) is 0 Å². The Bertz CT molecular complexity index is 1330. The van der Waals surface area contributed by atoms with E-state index in [1.165, 1.54) is 0 Å². The Morgan fingerprint density at radius 2 is 1.73 bits per heavy atom. The number of rotatable bonds is 18. The predicted octanol–water partition coefficient (Wildman–Crippen LogP) is 3.51. The number of fused-ring (bicyclic) bond motifs is 1. The molecule has 0 radical (unpaired) electrons. The molecule has 4 heterocycles. The third-order valence-electron chi connectivity index (χ3n) is 11.1. The van der Waals surface area contributed by atoms with Crippen LogP contribution in [0.15, 0.2) is 49.6 Å². The molecule has 1 aromatic rings. The third-order valence-corrected chi connectivity index (χ3v) is 11.1. The number of benzene rings is 1. The minimum atomic E-state index is -1.13. The van der Waals surface area contributed by atoms with Gasteiger partial charge < -0.3 is 34.0 Å². The van der Waals surface area contributed by atoms with Crippen LogP contribution >= 0.6 is 0 Å². The molecule has 11 nitrogen and oxygen atoms in total. The average molecular weight is 681 g/mol. The lowest BCUT2D eigenvalue weighted by Gasteiger charge is -2.39. The molecule has 1 spiro atoms. The summed E-state index contributed by atoms with van der Waals surface area (Å²) in [6, 6.07) is 6.53. The zero-order chi connectivity index (χ0) is 35.2. The molecule has 1 aromatic carbocycles. The molecule has 1 N–H and O–H groups in total. The Kier molecular flexibility index (Phi) is 12.2. The highest BCUT2D eigenvalue weighted by Gasteiger charge is 2.80. The number of carbonyl (C=O) groups is 3. The molecular weight excluding hydrogens is 624 g/mol. The molecule has 4 aliphatic rings. The van der Waals surface area contributed by atoms with Gasteiger partial charge in [-0.1, -0.05) is 31.9 Å². The molecule has 11 heteroatoms. The first kappa shape index (κ1) is 37.0. The summed E-state index contributed by atoms with van der Waals surface area (Å²) in [5.41, 5.74) is -1.39. The maximum atomic E-state index is 14.9. The molecule has 3 amide bonds. The molecule has 4 saturated heterocycles. The highest BCUT2D eigenvalue weighted by Crippen LogP contribution is 2.65. The lowest BCUT2D eigenvalue weighted by molar-refractivity contribution is -0.152. The highest BCUT2D eigenvalue weighted by molar-refractivity contribution is 6.03. The van der Waals surface area contributed by atoms with Crippen molar-refractivity contribution < 1.29 is 33.7 Å². The van der Waals surface area contributed by atoms with E-state index in [-0.39, 0.29) is 36.8 Å². The van der Waals surface area contributed by atoms with Gasteiger partial charge in [0, 0.05) is 58.1 Å². The molecule has 6 atom stereocenters. The number of aliphatic hydroxyl groups is 1. The van der Waals surface area contributed by atoms with E-state index < -0.39 is 29.1 Å². The van der Waals surface area contributed by atoms with E-state index in [2.05, 4.69) is 25.0 Å². The number of hydrogen-bond donors (Lipinski definition) is 1. The second-order valence-corrected chi connectivity index (χ2v) is 14.1. The topological polar surface area (TPSA) is 112 Å². The van der Waals surface area contributed by atoms with Crippen molar-refractivity contribution in [2.24, 2.45) is 17.8 Å². The number of amides is 3. The second-order valence-electron chi connectivity index (χ2n) is 14.1. The molecule has 5 rings (SSSR count). The summed E-state index contributed by atoms with van der Waals surface area (Å²) in [6.45, 7) is 19.6. The van der Waals surface area contributed by atoms with Crippen molar-refractivity contribution in [2.75, 3.05) is 77.1 Å². The Labute approximate surface area is 291 Å². The number of likely N-dealkylation sites (tertiary alicyclic amines) is 1. The van der Waals surface area contributed by atoms with Crippen LogP contribution in [0.3, 0.4) is 0 Å². The van der Waals surface area contributed by atoms with Crippen molar-refractivity contribution in [2.45, 2.75) is 70.1 Å². The summed E-state index contributed by atoms with van der Waals surface area (Å²) in [6.07, 6.45) is 6.96. The fourth-order valence-corrected chi connectivity index (χ4v) is 8.60. The molecule has 2 bridgehead atoms. The number of nitrogens with zero attached hydrogens (tertiary/aromatic N) is 4. The Morgan fingerprint density at radius 3 is 2.39 bits per heavy atom. The second kappa shape index (κ2) is 16.2. The van der Waals surface area contributed by atoms with Gasteiger partial charge >= 0.3 is 0 Å². The van der Waals surface area contributed by atoms with Crippen LogP contribution in [0, 0.1) is 17.8 Å². The zero-order valence-corrected chi connectivity index (χ0v) is 29.7. The molecular formula is C38H56N4O7. The average Bonchev–Trinajstić information content (AvgIpc) is 3.62. The van der Waals surface area contributed by atoms with E-state index in [1.54, 1.807) is 26.9 Å². The van der Waals surface area contributed by atoms with E-state index in [1.807, 2.05) is 38.1 Å². The minimum Gasteiger partial charge on any atom is -0.494 e. The van der Waals surface area contributed by atoms with Crippen molar-refractivity contribution in [3.63, 3.8) is 0 Å². The summed E-state index contributed by atoms with van der Waals surface area (Å²) in [4.78, 5) is 52.0. The molecule has 0 saturated carbocycles. The first-order chi connectivity index (χ1) is 23.7. The summed E-state index contributed by atoms with van der Waals surface area (Å²) in [7, 11) is 0. The van der Waals surface area contributed by atoms with Crippen LogP contribution in [0.4, 0.5) is 5.69 Å². The monoisotopic (exact) mass is 680 g/mol. The standard InChI is InChI=1S/C38H56N4O7/c1-6-17-40(21-20-39-22-25-47-26-23-39)36(46)33-38-27-28(4)37(5,49-38)31(32(38)35(45)42(33)19-11-9-10-12-24-43)34(44)41(18-7-2)29-13-15-30(16-14-29)48-8-3/h6-7,13-16,28,31-33,43H,1-2,8-12,17-27H2,3-5H3/t28?,31-,32+,33?,37+,38?/m1/s1.